The summed E-state index contributed by atoms with van der Waals surface area (Å²) in [5.74, 6) is -0.437. The van der Waals surface area contributed by atoms with E-state index in [9.17, 15) is 14.7 Å². The van der Waals surface area contributed by atoms with Gasteiger partial charge in [-0.2, -0.15) is 0 Å². The number of rotatable bonds is 2. The maximum Gasteiger partial charge on any atom is 0.247 e. The third-order valence-electron chi connectivity index (χ3n) is 3.88. The molecule has 1 spiro atoms. The average Bonchev–Trinajstić information content (AvgIpc) is 2.65. The third kappa shape index (κ3) is 1.63. The molecule has 0 radical (unpaired) electrons. The molecular weight excluding hydrogens is 222 g/mol. The summed E-state index contributed by atoms with van der Waals surface area (Å²) in [7, 11) is 0. The standard InChI is InChI=1S/C11H19N3O3/c1-6-3-4-11(5-13-10(11)17)14(6)9(16)8(12)7(2)15/h6-8,15H,3-5,12H2,1-2H3,(H,13,17)/t6?,7-,8+,11?/m1/s1. The van der Waals surface area contributed by atoms with E-state index < -0.39 is 17.7 Å². The van der Waals surface area contributed by atoms with Crippen molar-refractivity contribution < 1.29 is 14.7 Å². The molecule has 0 aliphatic carbocycles. The first-order chi connectivity index (χ1) is 7.90. The van der Waals surface area contributed by atoms with E-state index in [0.29, 0.717) is 13.0 Å². The molecule has 0 aromatic carbocycles. The van der Waals surface area contributed by atoms with Gasteiger partial charge in [0.25, 0.3) is 0 Å². The van der Waals surface area contributed by atoms with Crippen LogP contribution in [-0.2, 0) is 9.59 Å². The Hall–Kier alpha value is -1.14. The molecule has 96 valence electrons. The predicted octanol–water partition coefficient (Wildman–Crippen LogP) is -1.43. The van der Waals surface area contributed by atoms with E-state index in [1.165, 1.54) is 6.92 Å². The molecule has 2 fully saturated rings. The van der Waals surface area contributed by atoms with Gasteiger partial charge < -0.3 is 21.1 Å². The maximum atomic E-state index is 12.2. The summed E-state index contributed by atoms with van der Waals surface area (Å²) in [6.07, 6.45) is 0.569. The molecule has 0 bridgehead atoms. The van der Waals surface area contributed by atoms with Crippen LogP contribution in [0.5, 0.6) is 0 Å². The number of carbonyl (C=O) groups is 2. The van der Waals surface area contributed by atoms with Crippen molar-refractivity contribution in [3.8, 4) is 0 Å². The number of nitrogens with zero attached hydrogens (tertiary/aromatic N) is 1. The van der Waals surface area contributed by atoms with E-state index >= 15 is 0 Å². The minimum atomic E-state index is -0.958. The number of likely N-dealkylation sites (tertiary alicyclic amines) is 1. The Morgan fingerprint density at radius 2 is 2.35 bits per heavy atom. The molecule has 6 nitrogen and oxygen atoms in total. The number of hydrogen-bond acceptors (Lipinski definition) is 4. The molecule has 2 aliphatic heterocycles. The van der Waals surface area contributed by atoms with Crippen LogP contribution < -0.4 is 11.1 Å². The van der Waals surface area contributed by atoms with E-state index in [1.807, 2.05) is 6.92 Å². The highest BCUT2D eigenvalue weighted by atomic mass is 16.3. The Bertz CT molecular complexity index is 358. The summed E-state index contributed by atoms with van der Waals surface area (Å²) in [6.45, 7) is 3.89. The zero-order valence-electron chi connectivity index (χ0n) is 10.1. The minimum Gasteiger partial charge on any atom is -0.391 e. The van der Waals surface area contributed by atoms with E-state index in [0.717, 1.165) is 6.42 Å². The summed E-state index contributed by atoms with van der Waals surface area (Å²) in [5.41, 5.74) is 4.97. The summed E-state index contributed by atoms with van der Waals surface area (Å²) in [5, 5.41) is 12.1. The number of amides is 2. The van der Waals surface area contributed by atoms with Crippen LogP contribution in [0.2, 0.25) is 0 Å². The summed E-state index contributed by atoms with van der Waals surface area (Å²) in [6, 6.07) is -0.959. The number of β-lactam (4-membered cyclic amide) rings is 1. The molecule has 2 unspecified atom stereocenters. The second-order valence-electron chi connectivity index (χ2n) is 5.08. The van der Waals surface area contributed by atoms with Crippen LogP contribution in [0.3, 0.4) is 0 Å². The lowest BCUT2D eigenvalue weighted by Gasteiger charge is -2.46. The van der Waals surface area contributed by atoms with Crippen molar-refractivity contribution in [2.75, 3.05) is 6.54 Å². The Labute approximate surface area is 100 Å². The van der Waals surface area contributed by atoms with Crippen molar-refractivity contribution in [2.45, 2.75) is 50.4 Å². The van der Waals surface area contributed by atoms with Crippen molar-refractivity contribution in [1.29, 1.82) is 0 Å². The van der Waals surface area contributed by atoms with Crippen molar-refractivity contribution >= 4 is 11.8 Å². The number of carbonyl (C=O) groups excluding carboxylic acids is 2. The van der Waals surface area contributed by atoms with Gasteiger partial charge in [-0.05, 0) is 26.7 Å². The lowest BCUT2D eigenvalue weighted by atomic mass is 9.87. The van der Waals surface area contributed by atoms with Gasteiger partial charge >= 0.3 is 0 Å². The highest BCUT2D eigenvalue weighted by molar-refractivity contribution is 5.98. The second kappa shape index (κ2) is 3.96. The molecule has 0 aromatic rings. The zero-order chi connectivity index (χ0) is 12.8. The molecule has 2 heterocycles. The topological polar surface area (TPSA) is 95.7 Å². The van der Waals surface area contributed by atoms with Crippen LogP contribution in [0.15, 0.2) is 0 Å². The van der Waals surface area contributed by atoms with Crippen LogP contribution in [0.25, 0.3) is 0 Å². The highest BCUT2D eigenvalue weighted by Gasteiger charge is 2.58. The van der Waals surface area contributed by atoms with Crippen molar-refractivity contribution in [1.82, 2.24) is 10.2 Å². The first-order valence-corrected chi connectivity index (χ1v) is 5.95. The van der Waals surface area contributed by atoms with E-state index in [2.05, 4.69) is 5.32 Å². The van der Waals surface area contributed by atoms with E-state index in [-0.39, 0.29) is 17.9 Å². The number of nitrogens with two attached hydrogens (primary N) is 1. The molecule has 4 N–H and O–H groups in total. The molecule has 2 saturated heterocycles. The van der Waals surface area contributed by atoms with Crippen molar-refractivity contribution in [3.63, 3.8) is 0 Å². The van der Waals surface area contributed by atoms with Gasteiger partial charge in [0.15, 0.2) is 0 Å². The fourth-order valence-electron chi connectivity index (χ4n) is 2.68. The maximum absolute atomic E-state index is 12.2. The monoisotopic (exact) mass is 241 g/mol. The van der Waals surface area contributed by atoms with Crippen LogP contribution in [-0.4, -0.2) is 52.1 Å². The van der Waals surface area contributed by atoms with Gasteiger partial charge in [-0.25, -0.2) is 0 Å². The number of aliphatic hydroxyl groups excluding tert-OH is 1. The highest BCUT2D eigenvalue weighted by Crippen LogP contribution is 2.38. The smallest absolute Gasteiger partial charge is 0.247 e. The Morgan fingerprint density at radius 1 is 1.71 bits per heavy atom. The summed E-state index contributed by atoms with van der Waals surface area (Å²) in [4.78, 5) is 25.5. The summed E-state index contributed by atoms with van der Waals surface area (Å²) < 4.78 is 0. The van der Waals surface area contributed by atoms with Gasteiger partial charge in [-0.3, -0.25) is 9.59 Å². The normalized spacial score (nSPS) is 35.4. The van der Waals surface area contributed by atoms with Gasteiger partial charge in [-0.15, -0.1) is 0 Å². The van der Waals surface area contributed by atoms with Crippen LogP contribution in [0.4, 0.5) is 0 Å². The SMILES string of the molecule is CC1CCC2(CNC2=O)N1C(=O)[C@@H](N)[C@@H](C)O. The van der Waals surface area contributed by atoms with Crippen molar-refractivity contribution in [3.05, 3.63) is 0 Å². The number of nitrogens with one attached hydrogen (secondary N) is 1. The molecule has 2 rings (SSSR count). The lowest BCUT2D eigenvalue weighted by Crippen LogP contribution is -2.74. The zero-order valence-corrected chi connectivity index (χ0v) is 10.1. The van der Waals surface area contributed by atoms with Gasteiger partial charge in [0.05, 0.1) is 12.6 Å². The van der Waals surface area contributed by atoms with Gasteiger partial charge in [0.1, 0.15) is 11.6 Å². The first-order valence-electron chi connectivity index (χ1n) is 5.95. The first kappa shape index (κ1) is 12.3. The van der Waals surface area contributed by atoms with Crippen molar-refractivity contribution in [2.24, 2.45) is 5.73 Å². The lowest BCUT2D eigenvalue weighted by molar-refractivity contribution is -0.155. The second-order valence-corrected chi connectivity index (χ2v) is 5.08. The van der Waals surface area contributed by atoms with Crippen LogP contribution in [0.1, 0.15) is 26.7 Å². The van der Waals surface area contributed by atoms with Crippen LogP contribution in [0, 0.1) is 0 Å². The van der Waals surface area contributed by atoms with Gasteiger partial charge in [0, 0.05) is 6.04 Å². The van der Waals surface area contributed by atoms with Gasteiger partial charge in [-0.1, -0.05) is 0 Å². The molecule has 4 atom stereocenters. The molecule has 6 heteroatoms. The van der Waals surface area contributed by atoms with Gasteiger partial charge in [0.2, 0.25) is 11.8 Å². The fraction of sp³-hybridized carbons (Fsp3) is 0.818. The Kier molecular flexibility index (Phi) is 2.87. The Morgan fingerprint density at radius 3 is 2.76 bits per heavy atom. The minimum absolute atomic E-state index is 0.00153. The number of aliphatic hydroxyl groups is 1. The molecular formula is C11H19N3O3. The number of hydrogen-bond donors (Lipinski definition) is 3. The molecule has 17 heavy (non-hydrogen) atoms. The fourth-order valence-corrected chi connectivity index (χ4v) is 2.68. The Balaban J connectivity index is 2.23. The molecule has 2 amide bonds. The molecule has 0 aromatic heterocycles. The quantitative estimate of drug-likeness (QED) is 0.517. The summed E-state index contributed by atoms with van der Waals surface area (Å²) >= 11 is 0. The predicted molar refractivity (Wildman–Crippen MR) is 60.9 cm³/mol. The third-order valence-corrected chi connectivity index (χ3v) is 3.88. The van der Waals surface area contributed by atoms with Crippen LogP contribution >= 0.6 is 0 Å². The average molecular weight is 241 g/mol. The largest absolute Gasteiger partial charge is 0.391 e. The van der Waals surface area contributed by atoms with E-state index in [1.54, 1.807) is 4.90 Å². The molecule has 0 saturated carbocycles. The van der Waals surface area contributed by atoms with E-state index in [4.69, 9.17) is 5.73 Å². The molecule has 2 aliphatic rings.